The zero-order valence-electron chi connectivity index (χ0n) is 10.6. The second-order valence-electron chi connectivity index (χ2n) is 4.16. The van der Waals surface area contributed by atoms with Gasteiger partial charge in [-0.15, -0.1) is 0 Å². The van der Waals surface area contributed by atoms with Gasteiger partial charge in [0.1, 0.15) is 10.3 Å². The van der Waals surface area contributed by atoms with E-state index in [0.29, 0.717) is 6.54 Å². The fraction of sp³-hybridized carbons (Fsp3) is 0.0714. The highest BCUT2D eigenvalue weighted by Crippen LogP contribution is 2.18. The molecule has 1 aromatic carbocycles. The first kappa shape index (κ1) is 12.8. The van der Waals surface area contributed by atoms with Crippen molar-refractivity contribution in [3.05, 3.63) is 65.2 Å². The number of halogens is 1. The summed E-state index contributed by atoms with van der Waals surface area (Å²) in [5.41, 5.74) is 2.74. The number of rotatable bonds is 4. The number of nitrogens with one attached hydrogen (secondary N) is 1. The second-order valence-corrected chi connectivity index (χ2v) is 4.91. The van der Waals surface area contributed by atoms with Gasteiger partial charge in [-0.1, -0.05) is 18.2 Å². The van der Waals surface area contributed by atoms with Gasteiger partial charge in [0, 0.05) is 6.20 Å². The minimum absolute atomic E-state index is 0.594. The van der Waals surface area contributed by atoms with Crippen LogP contribution in [0.2, 0.25) is 0 Å². The van der Waals surface area contributed by atoms with Gasteiger partial charge in [-0.2, -0.15) is 15.0 Å². The highest BCUT2D eigenvalue weighted by molar-refractivity contribution is 9.10. The summed E-state index contributed by atoms with van der Waals surface area (Å²) in [6.45, 7) is 0.594. The van der Waals surface area contributed by atoms with Crippen LogP contribution in [0, 0.1) is 0 Å². The number of aromatic nitrogens is 4. The van der Waals surface area contributed by atoms with Gasteiger partial charge in [0.2, 0.25) is 0 Å². The fourth-order valence-electron chi connectivity index (χ4n) is 1.77. The molecule has 0 aliphatic heterocycles. The van der Waals surface area contributed by atoms with Crippen LogP contribution in [0.25, 0.3) is 5.69 Å². The third-order valence-corrected chi connectivity index (χ3v) is 3.38. The molecule has 0 fully saturated rings. The Morgan fingerprint density at radius 2 is 1.95 bits per heavy atom. The second kappa shape index (κ2) is 5.83. The van der Waals surface area contributed by atoms with Crippen molar-refractivity contribution >= 4 is 21.6 Å². The Kier molecular flexibility index (Phi) is 3.73. The molecule has 0 saturated heterocycles. The largest absolute Gasteiger partial charge is 0.377 e. The fourth-order valence-corrected chi connectivity index (χ4v) is 2.16. The number of hydrogen-bond donors (Lipinski definition) is 1. The maximum atomic E-state index is 4.43. The van der Waals surface area contributed by atoms with Crippen molar-refractivity contribution in [2.24, 2.45) is 0 Å². The number of anilines is 1. The minimum Gasteiger partial charge on any atom is -0.377 e. The summed E-state index contributed by atoms with van der Waals surface area (Å²) < 4.78 is 0.787. The van der Waals surface area contributed by atoms with Crippen molar-refractivity contribution in [3.63, 3.8) is 0 Å². The molecule has 0 spiro atoms. The maximum absolute atomic E-state index is 4.43. The highest BCUT2D eigenvalue weighted by Gasteiger charge is 2.04. The average molecular weight is 330 g/mol. The van der Waals surface area contributed by atoms with Gasteiger partial charge in [-0.25, -0.2) is 4.98 Å². The molecule has 6 heteroatoms. The monoisotopic (exact) mass is 329 g/mol. The standard InChI is InChI=1S/C14H12BrN5/c15-14-13(7-4-8-16-14)17-9-11-10-18-20(19-11)12-5-2-1-3-6-12/h1-8,10,17H,9H2. The molecule has 0 aliphatic rings. The third-order valence-electron chi connectivity index (χ3n) is 2.75. The molecular weight excluding hydrogens is 318 g/mol. The van der Waals surface area contributed by atoms with Gasteiger partial charge in [0.25, 0.3) is 0 Å². The van der Waals surface area contributed by atoms with E-state index in [9.17, 15) is 0 Å². The van der Waals surface area contributed by atoms with E-state index in [1.165, 1.54) is 0 Å². The summed E-state index contributed by atoms with van der Waals surface area (Å²) >= 11 is 3.40. The molecule has 100 valence electrons. The Labute approximate surface area is 124 Å². The molecule has 0 radical (unpaired) electrons. The van der Waals surface area contributed by atoms with Crippen molar-refractivity contribution in [1.82, 2.24) is 20.0 Å². The Hall–Kier alpha value is -2.21. The molecule has 20 heavy (non-hydrogen) atoms. The van der Waals surface area contributed by atoms with Crippen molar-refractivity contribution < 1.29 is 0 Å². The summed E-state index contributed by atoms with van der Waals surface area (Å²) in [4.78, 5) is 5.78. The molecule has 5 nitrogen and oxygen atoms in total. The van der Waals surface area contributed by atoms with Crippen LogP contribution in [0.5, 0.6) is 0 Å². The van der Waals surface area contributed by atoms with E-state index < -0.39 is 0 Å². The first-order valence-electron chi connectivity index (χ1n) is 6.14. The van der Waals surface area contributed by atoms with Crippen LogP contribution in [0.1, 0.15) is 5.69 Å². The van der Waals surface area contributed by atoms with Crippen molar-refractivity contribution in [2.75, 3.05) is 5.32 Å². The lowest BCUT2D eigenvalue weighted by molar-refractivity contribution is 0.740. The van der Waals surface area contributed by atoms with Crippen molar-refractivity contribution in [2.45, 2.75) is 6.54 Å². The Balaban J connectivity index is 1.71. The van der Waals surface area contributed by atoms with Gasteiger partial charge in [0.05, 0.1) is 24.1 Å². The van der Waals surface area contributed by atoms with Crippen LogP contribution in [0.3, 0.4) is 0 Å². The molecule has 0 amide bonds. The quantitative estimate of drug-likeness (QED) is 0.747. The van der Waals surface area contributed by atoms with Crippen LogP contribution in [0.15, 0.2) is 59.5 Å². The van der Waals surface area contributed by atoms with Crippen LogP contribution in [-0.4, -0.2) is 20.0 Å². The van der Waals surface area contributed by atoms with Gasteiger partial charge < -0.3 is 5.32 Å². The number of benzene rings is 1. The summed E-state index contributed by atoms with van der Waals surface area (Å²) in [5.74, 6) is 0. The molecule has 3 aromatic rings. The zero-order valence-corrected chi connectivity index (χ0v) is 12.2. The molecule has 0 unspecified atom stereocenters. The lowest BCUT2D eigenvalue weighted by Crippen LogP contribution is -2.03. The van der Waals surface area contributed by atoms with Crippen LogP contribution in [0.4, 0.5) is 5.69 Å². The lowest BCUT2D eigenvalue weighted by atomic mass is 10.3. The lowest BCUT2D eigenvalue weighted by Gasteiger charge is -2.05. The van der Waals surface area contributed by atoms with Gasteiger partial charge in [-0.3, -0.25) is 0 Å². The van der Waals surface area contributed by atoms with Crippen LogP contribution >= 0.6 is 15.9 Å². The molecule has 0 saturated carbocycles. The first-order chi connectivity index (χ1) is 9.83. The zero-order chi connectivity index (χ0) is 13.8. The smallest absolute Gasteiger partial charge is 0.129 e. The van der Waals surface area contributed by atoms with E-state index in [1.54, 1.807) is 17.2 Å². The summed E-state index contributed by atoms with van der Waals surface area (Å²) in [5, 5.41) is 12.0. The number of pyridine rings is 1. The van der Waals surface area contributed by atoms with Crippen molar-refractivity contribution in [1.29, 1.82) is 0 Å². The molecule has 1 N–H and O–H groups in total. The number of nitrogens with zero attached hydrogens (tertiary/aromatic N) is 4. The summed E-state index contributed by atoms with van der Waals surface area (Å²) in [6, 6.07) is 13.7. The van der Waals surface area contributed by atoms with Crippen LogP contribution in [-0.2, 0) is 6.54 Å². The minimum atomic E-state index is 0.594. The molecule has 0 aliphatic carbocycles. The molecule has 0 bridgehead atoms. The predicted molar refractivity (Wildman–Crippen MR) is 80.6 cm³/mol. The molecular formula is C14H12BrN5. The van der Waals surface area contributed by atoms with Crippen molar-refractivity contribution in [3.8, 4) is 5.69 Å². The molecule has 2 heterocycles. The van der Waals surface area contributed by atoms with E-state index in [4.69, 9.17) is 0 Å². The molecule has 0 atom stereocenters. The summed E-state index contributed by atoms with van der Waals surface area (Å²) in [6.07, 6.45) is 3.49. The van der Waals surface area contributed by atoms with E-state index in [1.807, 2.05) is 42.5 Å². The van der Waals surface area contributed by atoms with Crippen LogP contribution < -0.4 is 5.32 Å². The molecule has 2 aromatic heterocycles. The van der Waals surface area contributed by atoms with E-state index in [0.717, 1.165) is 21.7 Å². The van der Waals surface area contributed by atoms with E-state index in [-0.39, 0.29) is 0 Å². The first-order valence-corrected chi connectivity index (χ1v) is 6.93. The maximum Gasteiger partial charge on any atom is 0.129 e. The van der Waals surface area contributed by atoms with E-state index >= 15 is 0 Å². The SMILES string of the molecule is Brc1ncccc1NCc1cnn(-c2ccccc2)n1. The van der Waals surface area contributed by atoms with E-state index in [2.05, 4.69) is 36.4 Å². The van der Waals surface area contributed by atoms with Gasteiger partial charge in [0.15, 0.2) is 0 Å². The normalized spacial score (nSPS) is 10.4. The Morgan fingerprint density at radius 3 is 2.75 bits per heavy atom. The summed E-state index contributed by atoms with van der Waals surface area (Å²) in [7, 11) is 0. The number of hydrogen-bond acceptors (Lipinski definition) is 4. The third kappa shape index (κ3) is 2.85. The number of para-hydroxylation sites is 1. The Morgan fingerprint density at radius 1 is 1.10 bits per heavy atom. The average Bonchev–Trinajstić information content (AvgIpc) is 2.96. The topological polar surface area (TPSA) is 55.6 Å². The predicted octanol–water partition coefficient (Wildman–Crippen LogP) is 3.04. The molecule has 3 rings (SSSR count). The Bertz CT molecular complexity index is 696. The van der Waals surface area contributed by atoms with Gasteiger partial charge >= 0.3 is 0 Å². The highest BCUT2D eigenvalue weighted by atomic mass is 79.9. The van der Waals surface area contributed by atoms with Gasteiger partial charge in [-0.05, 0) is 40.2 Å².